The fourth-order valence-corrected chi connectivity index (χ4v) is 5.13. The van der Waals surface area contributed by atoms with E-state index in [2.05, 4.69) is 20.8 Å². The van der Waals surface area contributed by atoms with Gasteiger partial charge in [0.1, 0.15) is 0 Å². The van der Waals surface area contributed by atoms with E-state index >= 15 is 0 Å². The van der Waals surface area contributed by atoms with Gasteiger partial charge in [-0.3, -0.25) is 4.79 Å². The molecule has 2 unspecified atom stereocenters. The van der Waals surface area contributed by atoms with Crippen LogP contribution in [-0.2, 0) is 4.79 Å². The van der Waals surface area contributed by atoms with Crippen LogP contribution in [0.15, 0.2) is 0 Å². The molecule has 2 atom stereocenters. The Morgan fingerprint density at radius 3 is 0.909 bits per heavy atom. The molecule has 3 heteroatoms. The van der Waals surface area contributed by atoms with Gasteiger partial charge in [-0.2, -0.15) is 9.90 Å². The molecule has 0 rings (SSSR count). The molecule has 0 bridgehead atoms. The first-order chi connectivity index (χ1) is 15.6. The SMILES string of the molecule is CCCCCCCCCCCCCCC(CCCCCC)(CCCCCCCC)C(=O)O.P. The van der Waals surface area contributed by atoms with E-state index in [0.29, 0.717) is 0 Å². The van der Waals surface area contributed by atoms with Gasteiger partial charge in [-0.1, -0.05) is 162 Å². The standard InChI is InChI=1S/C30H60O2.H3P/c1-4-7-10-13-15-16-17-18-19-20-22-25-28-30(29(31)32,26-23-12-9-6-3)27-24-21-14-11-8-5-2;/h4-28H2,1-3H3,(H,31,32);1H3. The molecule has 0 radical (unpaired) electrons. The van der Waals surface area contributed by atoms with Gasteiger partial charge in [-0.05, 0) is 19.3 Å². The fourth-order valence-electron chi connectivity index (χ4n) is 5.13. The van der Waals surface area contributed by atoms with E-state index in [-0.39, 0.29) is 9.90 Å². The zero-order valence-corrected chi connectivity index (χ0v) is 24.7. The smallest absolute Gasteiger partial charge is 0.309 e. The highest BCUT2D eigenvalue weighted by Gasteiger charge is 2.36. The average Bonchev–Trinajstić information content (AvgIpc) is 2.79. The molecule has 0 saturated carbocycles. The van der Waals surface area contributed by atoms with Gasteiger partial charge in [0, 0.05) is 0 Å². The Morgan fingerprint density at radius 1 is 0.455 bits per heavy atom. The van der Waals surface area contributed by atoms with Gasteiger partial charge in [0.15, 0.2) is 0 Å². The van der Waals surface area contributed by atoms with Gasteiger partial charge in [0.25, 0.3) is 0 Å². The number of rotatable bonds is 26. The fraction of sp³-hybridized carbons (Fsp3) is 0.967. The summed E-state index contributed by atoms with van der Waals surface area (Å²) in [6, 6.07) is 0. The van der Waals surface area contributed by atoms with E-state index in [0.717, 1.165) is 38.5 Å². The highest BCUT2D eigenvalue weighted by molar-refractivity contribution is 6.92. The largest absolute Gasteiger partial charge is 0.481 e. The number of carboxylic acids is 1. The minimum Gasteiger partial charge on any atom is -0.481 e. The molecule has 0 aromatic carbocycles. The van der Waals surface area contributed by atoms with Crippen molar-refractivity contribution in [2.24, 2.45) is 5.41 Å². The second-order valence-corrected chi connectivity index (χ2v) is 10.6. The van der Waals surface area contributed by atoms with Crippen molar-refractivity contribution in [2.75, 3.05) is 0 Å². The van der Waals surface area contributed by atoms with Crippen LogP contribution in [0, 0.1) is 5.41 Å². The zero-order chi connectivity index (χ0) is 23.8. The molecule has 200 valence electrons. The quantitative estimate of drug-likeness (QED) is 0.0974. The zero-order valence-electron chi connectivity index (χ0n) is 23.2. The van der Waals surface area contributed by atoms with Crippen LogP contribution in [0.4, 0.5) is 0 Å². The first-order valence-electron chi connectivity index (χ1n) is 14.9. The second kappa shape index (κ2) is 26.5. The molecule has 2 nitrogen and oxygen atoms in total. The first-order valence-corrected chi connectivity index (χ1v) is 14.9. The number of unbranched alkanes of at least 4 members (excludes halogenated alkanes) is 19. The maximum Gasteiger partial charge on any atom is 0.309 e. The molecule has 0 aliphatic rings. The Labute approximate surface area is 212 Å². The van der Waals surface area contributed by atoms with Crippen molar-refractivity contribution in [3.8, 4) is 0 Å². The Kier molecular flexibility index (Phi) is 28.2. The molecule has 0 aromatic rings. The van der Waals surface area contributed by atoms with Crippen LogP contribution < -0.4 is 0 Å². The summed E-state index contributed by atoms with van der Waals surface area (Å²) in [5.74, 6) is -0.509. The molecular formula is C30H63O2P. The van der Waals surface area contributed by atoms with Crippen molar-refractivity contribution in [2.45, 2.75) is 181 Å². The predicted molar refractivity (Wildman–Crippen MR) is 154 cm³/mol. The van der Waals surface area contributed by atoms with Gasteiger partial charge < -0.3 is 5.11 Å². The second-order valence-electron chi connectivity index (χ2n) is 10.6. The molecule has 0 fully saturated rings. The van der Waals surface area contributed by atoms with Crippen molar-refractivity contribution < 1.29 is 9.90 Å². The monoisotopic (exact) mass is 486 g/mol. The van der Waals surface area contributed by atoms with Crippen LogP contribution >= 0.6 is 9.90 Å². The van der Waals surface area contributed by atoms with Gasteiger partial charge in [-0.15, -0.1) is 0 Å². The number of carbonyl (C=O) groups is 1. The van der Waals surface area contributed by atoms with E-state index < -0.39 is 11.4 Å². The third-order valence-electron chi connectivity index (χ3n) is 7.48. The van der Waals surface area contributed by atoms with Crippen molar-refractivity contribution in [1.82, 2.24) is 0 Å². The lowest BCUT2D eigenvalue weighted by atomic mass is 9.74. The van der Waals surface area contributed by atoms with Crippen LogP contribution in [-0.4, -0.2) is 11.1 Å². The summed E-state index contributed by atoms with van der Waals surface area (Å²) in [5, 5.41) is 10.2. The van der Waals surface area contributed by atoms with Gasteiger partial charge in [0.2, 0.25) is 0 Å². The lowest BCUT2D eigenvalue weighted by Gasteiger charge is -2.30. The summed E-state index contributed by atoms with van der Waals surface area (Å²) in [5.41, 5.74) is -0.447. The van der Waals surface area contributed by atoms with Crippen LogP contribution in [0.3, 0.4) is 0 Å². The van der Waals surface area contributed by atoms with Crippen molar-refractivity contribution in [1.29, 1.82) is 0 Å². The third kappa shape index (κ3) is 20.9. The van der Waals surface area contributed by atoms with Crippen molar-refractivity contribution in [3.63, 3.8) is 0 Å². The maximum atomic E-state index is 12.4. The molecule has 0 spiro atoms. The molecular weight excluding hydrogens is 423 g/mol. The van der Waals surface area contributed by atoms with Crippen LogP contribution in [0.5, 0.6) is 0 Å². The van der Waals surface area contributed by atoms with Crippen molar-refractivity contribution >= 4 is 15.9 Å². The molecule has 0 aliphatic carbocycles. The highest BCUT2D eigenvalue weighted by atomic mass is 31.0. The predicted octanol–water partition coefficient (Wildman–Crippen LogP) is 10.9. The summed E-state index contributed by atoms with van der Waals surface area (Å²) in [6.07, 6.45) is 31.0. The Hall–Kier alpha value is -0.100. The highest BCUT2D eigenvalue weighted by Crippen LogP contribution is 2.38. The van der Waals surface area contributed by atoms with Crippen LogP contribution in [0.25, 0.3) is 0 Å². The van der Waals surface area contributed by atoms with Gasteiger partial charge in [0.05, 0.1) is 5.41 Å². The lowest BCUT2D eigenvalue weighted by molar-refractivity contribution is -0.150. The van der Waals surface area contributed by atoms with E-state index in [4.69, 9.17) is 0 Å². The number of hydrogen-bond donors (Lipinski definition) is 1. The van der Waals surface area contributed by atoms with E-state index in [1.165, 1.54) is 122 Å². The minimum atomic E-state index is -0.509. The van der Waals surface area contributed by atoms with Crippen LogP contribution in [0.2, 0.25) is 0 Å². The summed E-state index contributed by atoms with van der Waals surface area (Å²) < 4.78 is 0. The molecule has 0 heterocycles. The molecule has 33 heavy (non-hydrogen) atoms. The Balaban J connectivity index is 0. The summed E-state index contributed by atoms with van der Waals surface area (Å²) >= 11 is 0. The number of carboxylic acid groups (broad SMARTS) is 1. The molecule has 0 aromatic heterocycles. The molecule has 0 aliphatic heterocycles. The van der Waals surface area contributed by atoms with E-state index in [1.54, 1.807) is 0 Å². The van der Waals surface area contributed by atoms with E-state index in [9.17, 15) is 9.90 Å². The van der Waals surface area contributed by atoms with Gasteiger partial charge in [-0.25, -0.2) is 0 Å². The summed E-state index contributed by atoms with van der Waals surface area (Å²) in [4.78, 5) is 12.4. The Bertz CT molecular complexity index is 399. The first kappa shape index (κ1) is 35.1. The summed E-state index contributed by atoms with van der Waals surface area (Å²) in [6.45, 7) is 6.76. The molecule has 1 N–H and O–H groups in total. The number of hydrogen-bond acceptors (Lipinski definition) is 1. The minimum absolute atomic E-state index is 0. The normalized spacial score (nSPS) is 12.9. The van der Waals surface area contributed by atoms with Crippen molar-refractivity contribution in [3.05, 3.63) is 0 Å². The topological polar surface area (TPSA) is 37.3 Å². The Morgan fingerprint density at radius 2 is 0.667 bits per heavy atom. The molecule has 0 amide bonds. The lowest BCUT2D eigenvalue weighted by Crippen LogP contribution is -2.31. The number of aliphatic carboxylic acids is 1. The average molecular weight is 487 g/mol. The van der Waals surface area contributed by atoms with Crippen LogP contribution in [0.1, 0.15) is 181 Å². The van der Waals surface area contributed by atoms with E-state index in [1.807, 2.05) is 0 Å². The summed E-state index contributed by atoms with van der Waals surface area (Å²) in [7, 11) is 0. The molecule has 0 saturated heterocycles. The maximum absolute atomic E-state index is 12.4. The van der Waals surface area contributed by atoms with Gasteiger partial charge >= 0.3 is 5.97 Å². The third-order valence-corrected chi connectivity index (χ3v) is 7.48.